The third-order valence-corrected chi connectivity index (χ3v) is 6.08. The van der Waals surface area contributed by atoms with Gasteiger partial charge < -0.3 is 10.0 Å². The van der Waals surface area contributed by atoms with Gasteiger partial charge in [0, 0.05) is 31.2 Å². The molecule has 2 aromatic rings. The highest BCUT2D eigenvalue weighted by Gasteiger charge is 2.29. The van der Waals surface area contributed by atoms with E-state index in [2.05, 4.69) is 4.98 Å². The molecular formula is C16H16ClN3O4S. The predicted octanol–water partition coefficient (Wildman–Crippen LogP) is 1.94. The van der Waals surface area contributed by atoms with Crippen molar-refractivity contribution in [1.82, 2.24) is 9.29 Å². The Morgan fingerprint density at radius 1 is 1.08 bits per heavy atom. The molecule has 0 bridgehead atoms. The predicted molar refractivity (Wildman–Crippen MR) is 93.6 cm³/mol. The molecule has 1 N–H and O–H groups in total. The van der Waals surface area contributed by atoms with E-state index in [0.717, 1.165) is 0 Å². The van der Waals surface area contributed by atoms with E-state index in [1.807, 2.05) is 4.90 Å². The number of pyridine rings is 1. The van der Waals surface area contributed by atoms with Gasteiger partial charge in [0.05, 0.1) is 4.90 Å². The number of carboxylic acid groups (broad SMARTS) is 1. The molecule has 3 rings (SSSR count). The fraction of sp³-hybridized carbons (Fsp3) is 0.250. The Hall–Kier alpha value is -2.16. The number of halogens is 1. The van der Waals surface area contributed by atoms with Gasteiger partial charge in [-0.3, -0.25) is 0 Å². The van der Waals surface area contributed by atoms with Crippen LogP contribution in [0.15, 0.2) is 47.4 Å². The van der Waals surface area contributed by atoms with Gasteiger partial charge in [-0.1, -0.05) is 23.7 Å². The average Bonchev–Trinajstić information content (AvgIpc) is 2.62. The Morgan fingerprint density at radius 2 is 1.76 bits per heavy atom. The molecule has 9 heteroatoms. The summed E-state index contributed by atoms with van der Waals surface area (Å²) in [6.45, 7) is 1.42. The van der Waals surface area contributed by atoms with Crippen LogP contribution in [0, 0.1) is 0 Å². The first-order chi connectivity index (χ1) is 11.9. The molecule has 0 saturated carbocycles. The lowest BCUT2D eigenvalue weighted by Crippen LogP contribution is -2.49. The Labute approximate surface area is 150 Å². The summed E-state index contributed by atoms with van der Waals surface area (Å²) in [6, 6.07) is 10.9. The molecule has 0 atom stereocenters. The van der Waals surface area contributed by atoms with Crippen LogP contribution < -0.4 is 4.90 Å². The van der Waals surface area contributed by atoms with Crippen molar-refractivity contribution >= 4 is 33.4 Å². The first kappa shape index (κ1) is 17.7. The normalized spacial score (nSPS) is 16.0. The van der Waals surface area contributed by atoms with Gasteiger partial charge in [0.25, 0.3) is 0 Å². The van der Waals surface area contributed by atoms with Crippen LogP contribution in [0.4, 0.5) is 5.82 Å². The summed E-state index contributed by atoms with van der Waals surface area (Å²) in [5.41, 5.74) is -0.0357. The second-order valence-corrected chi connectivity index (χ2v) is 7.91. The number of nitrogens with zero attached hydrogens (tertiary/aromatic N) is 3. The van der Waals surface area contributed by atoms with Crippen molar-refractivity contribution in [2.24, 2.45) is 0 Å². The number of hydrogen-bond donors (Lipinski definition) is 1. The molecule has 0 radical (unpaired) electrons. The van der Waals surface area contributed by atoms with Crippen LogP contribution in [0.5, 0.6) is 0 Å². The van der Waals surface area contributed by atoms with Crippen LogP contribution in [-0.2, 0) is 10.0 Å². The maximum absolute atomic E-state index is 12.7. The molecular weight excluding hydrogens is 366 g/mol. The summed E-state index contributed by atoms with van der Waals surface area (Å²) in [5, 5.41) is 9.40. The first-order valence-electron chi connectivity index (χ1n) is 7.59. The Kier molecular flexibility index (Phi) is 4.94. The Balaban J connectivity index is 1.73. The third-order valence-electron chi connectivity index (χ3n) is 3.95. The number of anilines is 1. The van der Waals surface area contributed by atoms with Crippen LogP contribution >= 0.6 is 11.6 Å². The molecule has 1 fully saturated rings. The van der Waals surface area contributed by atoms with E-state index < -0.39 is 16.0 Å². The number of hydrogen-bond acceptors (Lipinski definition) is 5. The zero-order valence-corrected chi connectivity index (χ0v) is 14.7. The van der Waals surface area contributed by atoms with E-state index in [1.54, 1.807) is 24.3 Å². The second-order valence-electron chi connectivity index (χ2n) is 5.53. The van der Waals surface area contributed by atoms with Crippen molar-refractivity contribution in [3.63, 3.8) is 0 Å². The summed E-state index contributed by atoms with van der Waals surface area (Å²) in [7, 11) is -3.60. The Bertz CT molecular complexity index is 896. The molecule has 1 saturated heterocycles. The van der Waals surface area contributed by atoms with Gasteiger partial charge in [-0.05, 0) is 30.3 Å². The molecule has 0 spiro atoms. The number of benzene rings is 1. The van der Waals surface area contributed by atoms with Crippen LogP contribution in [0.1, 0.15) is 10.5 Å². The van der Waals surface area contributed by atoms with E-state index in [1.165, 1.54) is 22.5 Å². The average molecular weight is 382 g/mol. The van der Waals surface area contributed by atoms with Crippen LogP contribution in [0.2, 0.25) is 5.02 Å². The zero-order valence-electron chi connectivity index (χ0n) is 13.2. The van der Waals surface area contributed by atoms with Crippen molar-refractivity contribution < 1.29 is 18.3 Å². The smallest absolute Gasteiger partial charge is 0.354 e. The van der Waals surface area contributed by atoms with E-state index in [4.69, 9.17) is 16.7 Å². The highest BCUT2D eigenvalue weighted by atomic mass is 35.5. The van der Waals surface area contributed by atoms with Crippen molar-refractivity contribution in [1.29, 1.82) is 0 Å². The summed E-state index contributed by atoms with van der Waals surface area (Å²) in [5.74, 6) is -0.566. The van der Waals surface area contributed by atoms with Crippen LogP contribution in [0.3, 0.4) is 0 Å². The minimum Gasteiger partial charge on any atom is -0.477 e. The largest absolute Gasteiger partial charge is 0.477 e. The van der Waals surface area contributed by atoms with Gasteiger partial charge in [0.15, 0.2) is 5.69 Å². The number of aromatic nitrogens is 1. The monoisotopic (exact) mass is 381 g/mol. The molecule has 1 aliphatic heterocycles. The number of aromatic carboxylic acids is 1. The van der Waals surface area contributed by atoms with Crippen molar-refractivity contribution in [2.45, 2.75) is 4.90 Å². The lowest BCUT2D eigenvalue weighted by Gasteiger charge is -2.34. The van der Waals surface area contributed by atoms with E-state index in [0.29, 0.717) is 23.9 Å². The molecule has 132 valence electrons. The minimum absolute atomic E-state index is 0.0357. The zero-order chi connectivity index (χ0) is 18.0. The molecule has 0 unspecified atom stereocenters. The molecule has 1 aromatic heterocycles. The summed E-state index contributed by atoms with van der Waals surface area (Å²) < 4.78 is 26.8. The summed E-state index contributed by atoms with van der Waals surface area (Å²) >= 11 is 5.89. The first-order valence-corrected chi connectivity index (χ1v) is 9.41. The van der Waals surface area contributed by atoms with Crippen molar-refractivity contribution in [2.75, 3.05) is 31.1 Å². The van der Waals surface area contributed by atoms with Gasteiger partial charge in [0.1, 0.15) is 5.82 Å². The van der Waals surface area contributed by atoms with E-state index in [9.17, 15) is 13.2 Å². The van der Waals surface area contributed by atoms with Gasteiger partial charge in [0.2, 0.25) is 10.0 Å². The van der Waals surface area contributed by atoms with Gasteiger partial charge in [-0.25, -0.2) is 18.2 Å². The van der Waals surface area contributed by atoms with Crippen LogP contribution in [-0.4, -0.2) is 55.0 Å². The number of sulfonamides is 1. The van der Waals surface area contributed by atoms with E-state index in [-0.39, 0.29) is 23.7 Å². The summed E-state index contributed by atoms with van der Waals surface area (Å²) in [4.78, 5) is 17.2. The lowest BCUT2D eigenvalue weighted by molar-refractivity contribution is 0.0690. The molecule has 1 aromatic carbocycles. The maximum Gasteiger partial charge on any atom is 0.354 e. The fourth-order valence-corrected chi connectivity index (χ4v) is 4.38. The van der Waals surface area contributed by atoms with E-state index >= 15 is 0 Å². The number of piperazine rings is 1. The SMILES string of the molecule is O=C(O)c1cccc(N2CCN(S(=O)(=O)c3cccc(Cl)c3)CC2)n1. The van der Waals surface area contributed by atoms with Gasteiger partial charge >= 0.3 is 5.97 Å². The minimum atomic E-state index is -3.60. The maximum atomic E-state index is 12.7. The highest BCUT2D eigenvalue weighted by molar-refractivity contribution is 7.89. The van der Waals surface area contributed by atoms with Crippen molar-refractivity contribution in [3.05, 3.63) is 53.2 Å². The topological polar surface area (TPSA) is 90.8 Å². The molecule has 0 aliphatic carbocycles. The number of rotatable bonds is 4. The highest BCUT2D eigenvalue weighted by Crippen LogP contribution is 2.22. The van der Waals surface area contributed by atoms with Crippen molar-refractivity contribution in [3.8, 4) is 0 Å². The fourth-order valence-electron chi connectivity index (χ4n) is 2.65. The second kappa shape index (κ2) is 6.99. The standard InChI is InChI=1S/C16H16ClN3O4S/c17-12-3-1-4-13(11-12)25(23,24)20-9-7-19(8-10-20)15-6-2-5-14(18-15)16(21)22/h1-6,11H,7-10H2,(H,21,22). The lowest BCUT2D eigenvalue weighted by atomic mass is 10.3. The molecule has 25 heavy (non-hydrogen) atoms. The molecule has 7 nitrogen and oxygen atoms in total. The molecule has 2 heterocycles. The van der Waals surface area contributed by atoms with Gasteiger partial charge in [-0.15, -0.1) is 0 Å². The number of carboxylic acids is 1. The van der Waals surface area contributed by atoms with Gasteiger partial charge in [-0.2, -0.15) is 4.31 Å². The number of carbonyl (C=O) groups is 1. The van der Waals surface area contributed by atoms with Crippen LogP contribution in [0.25, 0.3) is 0 Å². The molecule has 1 aliphatic rings. The Morgan fingerprint density at radius 3 is 2.40 bits per heavy atom. The quantitative estimate of drug-likeness (QED) is 0.870. The third kappa shape index (κ3) is 3.76. The molecule has 0 amide bonds. The summed E-state index contributed by atoms with van der Waals surface area (Å²) in [6.07, 6.45) is 0.